The van der Waals surface area contributed by atoms with Crippen LogP contribution in [0.15, 0.2) is 17.0 Å². The number of benzene rings is 1. The van der Waals surface area contributed by atoms with Crippen molar-refractivity contribution in [3.63, 3.8) is 0 Å². The van der Waals surface area contributed by atoms with E-state index in [1.165, 1.54) is 10.4 Å². The van der Waals surface area contributed by atoms with E-state index in [2.05, 4.69) is 5.92 Å². The van der Waals surface area contributed by atoms with Gasteiger partial charge in [0.2, 0.25) is 10.0 Å². The molecule has 0 atom stereocenters. The van der Waals surface area contributed by atoms with E-state index in [1.807, 2.05) is 0 Å². The summed E-state index contributed by atoms with van der Waals surface area (Å²) in [4.78, 5) is 0.164. The first kappa shape index (κ1) is 16.0. The summed E-state index contributed by atoms with van der Waals surface area (Å²) in [5, 5.41) is 0.349. The van der Waals surface area contributed by atoms with Gasteiger partial charge in [-0.15, -0.1) is 6.42 Å². The van der Waals surface area contributed by atoms with Gasteiger partial charge in [0, 0.05) is 18.1 Å². The van der Waals surface area contributed by atoms with Crippen molar-refractivity contribution in [3.8, 4) is 12.3 Å². The summed E-state index contributed by atoms with van der Waals surface area (Å²) in [5.41, 5.74) is 6.92. The van der Waals surface area contributed by atoms with Gasteiger partial charge < -0.3 is 5.73 Å². The van der Waals surface area contributed by atoms with Crippen molar-refractivity contribution < 1.29 is 8.42 Å². The molecule has 0 aliphatic rings. The average Bonchev–Trinajstić information content (AvgIpc) is 2.37. The van der Waals surface area contributed by atoms with Crippen LogP contribution >= 0.6 is 11.6 Å². The molecule has 0 aliphatic carbocycles. The first-order chi connectivity index (χ1) is 8.88. The van der Waals surface area contributed by atoms with Crippen molar-refractivity contribution in [2.75, 3.05) is 13.1 Å². The zero-order valence-electron chi connectivity index (χ0n) is 11.0. The molecule has 0 fully saturated rings. The molecule has 0 aliphatic heterocycles. The largest absolute Gasteiger partial charge is 0.326 e. The van der Waals surface area contributed by atoms with Gasteiger partial charge in [0.25, 0.3) is 0 Å². The Balaban J connectivity index is 3.44. The van der Waals surface area contributed by atoms with E-state index in [1.54, 1.807) is 19.9 Å². The standard InChI is InChI=1S/C13H17ClN2O2S/c1-4-6-16(5-2)19(17,18)13-8-12(14)7-11(9-15)10(13)3/h1,7-8H,5-6,9,15H2,2-3H3. The highest BCUT2D eigenvalue weighted by Crippen LogP contribution is 2.26. The van der Waals surface area contributed by atoms with Gasteiger partial charge in [-0.25, -0.2) is 8.42 Å². The van der Waals surface area contributed by atoms with Gasteiger partial charge in [-0.05, 0) is 30.2 Å². The molecule has 104 valence electrons. The molecule has 2 N–H and O–H groups in total. The molecule has 0 aromatic heterocycles. The van der Waals surface area contributed by atoms with Crippen LogP contribution in [0.4, 0.5) is 0 Å². The number of terminal acetylenes is 1. The zero-order valence-corrected chi connectivity index (χ0v) is 12.6. The number of nitrogens with two attached hydrogens (primary N) is 1. The third-order valence-electron chi connectivity index (χ3n) is 2.89. The van der Waals surface area contributed by atoms with E-state index in [-0.39, 0.29) is 18.0 Å². The molecular weight excluding hydrogens is 284 g/mol. The maximum absolute atomic E-state index is 12.5. The molecule has 0 bridgehead atoms. The number of rotatable bonds is 5. The van der Waals surface area contributed by atoms with Gasteiger partial charge in [-0.3, -0.25) is 0 Å². The van der Waals surface area contributed by atoms with Crippen LogP contribution in [0.1, 0.15) is 18.1 Å². The lowest BCUT2D eigenvalue weighted by Gasteiger charge is -2.20. The van der Waals surface area contributed by atoms with Gasteiger partial charge in [-0.2, -0.15) is 4.31 Å². The maximum atomic E-state index is 12.5. The molecule has 0 radical (unpaired) electrons. The predicted molar refractivity (Wildman–Crippen MR) is 77.3 cm³/mol. The Labute approximate surface area is 119 Å². The van der Waals surface area contributed by atoms with E-state index in [9.17, 15) is 8.42 Å². The molecule has 19 heavy (non-hydrogen) atoms. The quantitative estimate of drug-likeness (QED) is 0.843. The molecule has 1 aromatic carbocycles. The van der Waals surface area contributed by atoms with Gasteiger partial charge in [0.15, 0.2) is 0 Å². The van der Waals surface area contributed by atoms with Crippen molar-refractivity contribution in [1.82, 2.24) is 4.31 Å². The minimum absolute atomic E-state index is 0.0305. The molecule has 1 rings (SSSR count). The monoisotopic (exact) mass is 300 g/mol. The minimum atomic E-state index is -3.65. The number of hydrogen-bond acceptors (Lipinski definition) is 3. The smallest absolute Gasteiger partial charge is 0.244 e. The first-order valence-electron chi connectivity index (χ1n) is 5.81. The number of nitrogens with zero attached hydrogens (tertiary/aromatic N) is 1. The highest BCUT2D eigenvalue weighted by Gasteiger charge is 2.25. The van der Waals surface area contributed by atoms with E-state index < -0.39 is 10.0 Å². The Kier molecular flexibility index (Phi) is 5.39. The van der Waals surface area contributed by atoms with Crippen LogP contribution in [0, 0.1) is 19.3 Å². The maximum Gasteiger partial charge on any atom is 0.244 e. The Bertz CT molecular complexity index is 606. The van der Waals surface area contributed by atoms with Crippen molar-refractivity contribution >= 4 is 21.6 Å². The average molecular weight is 301 g/mol. The Morgan fingerprint density at radius 2 is 2.11 bits per heavy atom. The topological polar surface area (TPSA) is 63.4 Å². The summed E-state index contributed by atoms with van der Waals surface area (Å²) in [6.07, 6.45) is 5.20. The van der Waals surface area contributed by atoms with Crippen LogP contribution in [0.2, 0.25) is 5.02 Å². The second kappa shape index (κ2) is 6.40. The van der Waals surface area contributed by atoms with Gasteiger partial charge >= 0.3 is 0 Å². The van der Waals surface area contributed by atoms with Crippen molar-refractivity contribution in [1.29, 1.82) is 0 Å². The number of sulfonamides is 1. The number of hydrogen-bond donors (Lipinski definition) is 1. The third-order valence-corrected chi connectivity index (χ3v) is 5.16. The molecule has 0 spiro atoms. The van der Waals surface area contributed by atoms with Crippen molar-refractivity contribution in [3.05, 3.63) is 28.3 Å². The van der Waals surface area contributed by atoms with E-state index in [4.69, 9.17) is 23.8 Å². The van der Waals surface area contributed by atoms with Crippen LogP contribution in [0.3, 0.4) is 0 Å². The summed E-state index contributed by atoms with van der Waals surface area (Å²) in [6, 6.07) is 3.11. The molecule has 0 saturated heterocycles. The van der Waals surface area contributed by atoms with E-state index >= 15 is 0 Å². The highest BCUT2D eigenvalue weighted by atomic mass is 35.5. The van der Waals surface area contributed by atoms with E-state index in [0.717, 1.165) is 0 Å². The molecule has 1 aromatic rings. The van der Waals surface area contributed by atoms with Crippen LogP contribution in [0.25, 0.3) is 0 Å². The fourth-order valence-corrected chi connectivity index (χ4v) is 3.76. The van der Waals surface area contributed by atoms with E-state index in [0.29, 0.717) is 22.7 Å². The molecule has 0 amide bonds. The normalized spacial score (nSPS) is 11.6. The SMILES string of the molecule is C#CCN(CC)S(=O)(=O)c1cc(Cl)cc(CN)c1C. The van der Waals surface area contributed by atoms with Crippen LogP contribution in [-0.4, -0.2) is 25.8 Å². The summed E-state index contributed by atoms with van der Waals surface area (Å²) >= 11 is 5.95. The molecule has 0 heterocycles. The van der Waals surface area contributed by atoms with Gasteiger partial charge in [-0.1, -0.05) is 24.4 Å². The summed E-state index contributed by atoms with van der Waals surface area (Å²) in [7, 11) is -3.65. The Morgan fingerprint density at radius 3 is 2.58 bits per heavy atom. The second-order valence-corrected chi connectivity index (χ2v) is 6.37. The third kappa shape index (κ3) is 3.28. The summed E-state index contributed by atoms with van der Waals surface area (Å²) < 4.78 is 26.3. The highest BCUT2D eigenvalue weighted by molar-refractivity contribution is 7.89. The predicted octanol–water partition coefficient (Wildman–Crippen LogP) is 1.75. The lowest BCUT2D eigenvalue weighted by Crippen LogP contribution is -2.32. The van der Waals surface area contributed by atoms with Crippen LogP contribution in [0.5, 0.6) is 0 Å². The second-order valence-electron chi connectivity index (χ2n) is 4.03. The molecular formula is C13H17ClN2O2S. The molecule has 0 unspecified atom stereocenters. The minimum Gasteiger partial charge on any atom is -0.326 e. The molecule has 6 heteroatoms. The van der Waals surface area contributed by atoms with Crippen LogP contribution in [-0.2, 0) is 16.6 Å². The van der Waals surface area contributed by atoms with Gasteiger partial charge in [0.05, 0.1) is 11.4 Å². The van der Waals surface area contributed by atoms with Crippen molar-refractivity contribution in [2.45, 2.75) is 25.3 Å². The van der Waals surface area contributed by atoms with Gasteiger partial charge in [0.1, 0.15) is 0 Å². The molecule has 0 saturated carbocycles. The Morgan fingerprint density at radius 1 is 1.47 bits per heavy atom. The molecule has 4 nitrogen and oxygen atoms in total. The fourth-order valence-electron chi connectivity index (χ4n) is 1.80. The summed E-state index contributed by atoms with van der Waals surface area (Å²) in [5.74, 6) is 2.35. The zero-order chi connectivity index (χ0) is 14.6. The lowest BCUT2D eigenvalue weighted by atomic mass is 10.1. The number of halogens is 1. The Hall–Kier alpha value is -1.06. The van der Waals surface area contributed by atoms with Crippen LogP contribution < -0.4 is 5.73 Å². The lowest BCUT2D eigenvalue weighted by molar-refractivity contribution is 0.463. The first-order valence-corrected chi connectivity index (χ1v) is 7.63. The van der Waals surface area contributed by atoms with Crippen molar-refractivity contribution in [2.24, 2.45) is 5.73 Å². The summed E-state index contributed by atoms with van der Waals surface area (Å²) in [6.45, 7) is 4.02. The fraction of sp³-hybridized carbons (Fsp3) is 0.385.